The fourth-order valence-electron chi connectivity index (χ4n) is 3.98. The van der Waals surface area contributed by atoms with Crippen LogP contribution in [0.4, 0.5) is 5.69 Å². The van der Waals surface area contributed by atoms with E-state index in [1.807, 2.05) is 30.3 Å². The van der Waals surface area contributed by atoms with Crippen LogP contribution in [-0.2, 0) is 9.59 Å². The molecule has 0 radical (unpaired) electrons. The van der Waals surface area contributed by atoms with E-state index in [-0.39, 0.29) is 30.1 Å². The molecule has 2 aliphatic rings. The van der Waals surface area contributed by atoms with Crippen molar-refractivity contribution in [3.63, 3.8) is 0 Å². The summed E-state index contributed by atoms with van der Waals surface area (Å²) >= 11 is 3.22. The molecule has 3 amide bonds. The summed E-state index contributed by atoms with van der Waals surface area (Å²) in [5.74, 6) is -0.190. The van der Waals surface area contributed by atoms with Gasteiger partial charge in [-0.05, 0) is 40.2 Å². The molecule has 2 aromatic rings. The molecule has 1 unspecified atom stereocenters. The lowest BCUT2D eigenvalue weighted by Gasteiger charge is -2.34. The topological polar surface area (TPSA) is 86.1 Å². The quantitative estimate of drug-likeness (QED) is 0.671. The van der Waals surface area contributed by atoms with Crippen LogP contribution in [0, 0.1) is 5.92 Å². The first-order chi connectivity index (χ1) is 15.0. The first-order valence-corrected chi connectivity index (χ1v) is 11.2. The third-order valence-electron chi connectivity index (χ3n) is 5.73. The normalized spacial score (nSPS) is 19.6. The molecule has 3 heterocycles. The van der Waals surface area contributed by atoms with E-state index in [2.05, 4.69) is 26.1 Å². The molecule has 0 spiro atoms. The van der Waals surface area contributed by atoms with Crippen LogP contribution in [0.5, 0.6) is 0 Å². The number of nitrogens with zero attached hydrogens (tertiary/aromatic N) is 3. The van der Waals surface area contributed by atoms with E-state index >= 15 is 0 Å². The number of carbonyl (C=O) groups excluding carboxylic acids is 3. The van der Waals surface area contributed by atoms with Gasteiger partial charge >= 0.3 is 0 Å². The molecular formula is C22H25BrN4O4. The lowest BCUT2D eigenvalue weighted by Crippen LogP contribution is -2.50. The van der Waals surface area contributed by atoms with Crippen molar-refractivity contribution in [3.05, 3.63) is 52.9 Å². The Morgan fingerprint density at radius 3 is 2.48 bits per heavy atom. The molecule has 4 rings (SSSR count). The van der Waals surface area contributed by atoms with Crippen molar-refractivity contribution in [2.45, 2.75) is 6.42 Å². The maximum absolute atomic E-state index is 12.5. The first-order valence-electron chi connectivity index (χ1n) is 10.4. The monoisotopic (exact) mass is 488 g/mol. The zero-order valence-electron chi connectivity index (χ0n) is 17.1. The second-order valence-corrected chi connectivity index (χ2v) is 8.55. The van der Waals surface area contributed by atoms with Crippen LogP contribution >= 0.6 is 15.9 Å². The molecule has 0 bridgehead atoms. The van der Waals surface area contributed by atoms with Gasteiger partial charge in [0.05, 0.1) is 5.92 Å². The fourth-order valence-corrected chi connectivity index (χ4v) is 4.29. The third kappa shape index (κ3) is 5.16. The minimum Gasteiger partial charge on any atom is -0.444 e. The van der Waals surface area contributed by atoms with Crippen molar-refractivity contribution >= 4 is 39.3 Å². The summed E-state index contributed by atoms with van der Waals surface area (Å²) in [5, 5.41) is 2.97. The molecule has 0 saturated carbocycles. The van der Waals surface area contributed by atoms with Crippen LogP contribution < -0.4 is 10.2 Å². The number of anilines is 1. The van der Waals surface area contributed by atoms with E-state index in [4.69, 9.17) is 4.42 Å². The average molecular weight is 489 g/mol. The van der Waals surface area contributed by atoms with E-state index in [9.17, 15) is 14.4 Å². The Morgan fingerprint density at radius 2 is 1.81 bits per heavy atom. The standard InChI is InChI=1S/C22H25BrN4O4/c23-19-7-6-18(31-19)22(30)26-12-10-25(11-13-26)9-8-24-21(29)16-14-20(28)27(15-16)17-4-2-1-3-5-17/h1-7,16H,8-15H2,(H,24,29). The lowest BCUT2D eigenvalue weighted by atomic mass is 10.1. The average Bonchev–Trinajstić information content (AvgIpc) is 3.40. The second kappa shape index (κ2) is 9.65. The summed E-state index contributed by atoms with van der Waals surface area (Å²) < 4.78 is 5.89. The maximum atomic E-state index is 12.5. The van der Waals surface area contributed by atoms with Crippen LogP contribution in [0.15, 0.2) is 51.6 Å². The number of hydrogen-bond donors (Lipinski definition) is 1. The Morgan fingerprint density at radius 1 is 1.06 bits per heavy atom. The minimum absolute atomic E-state index is 0.0178. The first kappa shape index (κ1) is 21.6. The Kier molecular flexibility index (Phi) is 6.72. The van der Waals surface area contributed by atoms with E-state index < -0.39 is 0 Å². The largest absolute Gasteiger partial charge is 0.444 e. The number of rotatable bonds is 6. The van der Waals surface area contributed by atoms with Crippen LogP contribution in [0.2, 0.25) is 0 Å². The van der Waals surface area contributed by atoms with Gasteiger partial charge in [-0.3, -0.25) is 19.3 Å². The smallest absolute Gasteiger partial charge is 0.289 e. The van der Waals surface area contributed by atoms with Gasteiger partial charge in [0.2, 0.25) is 11.8 Å². The van der Waals surface area contributed by atoms with Gasteiger partial charge in [0.1, 0.15) is 0 Å². The molecule has 2 aliphatic heterocycles. The number of halogens is 1. The van der Waals surface area contributed by atoms with Crippen LogP contribution in [0.3, 0.4) is 0 Å². The Hall–Kier alpha value is -2.65. The molecule has 1 N–H and O–H groups in total. The van der Waals surface area contributed by atoms with Gasteiger partial charge < -0.3 is 19.5 Å². The predicted molar refractivity (Wildman–Crippen MR) is 119 cm³/mol. The lowest BCUT2D eigenvalue weighted by molar-refractivity contribution is -0.126. The highest BCUT2D eigenvalue weighted by atomic mass is 79.9. The zero-order chi connectivity index (χ0) is 21.8. The molecule has 8 nitrogen and oxygen atoms in total. The van der Waals surface area contributed by atoms with Crippen LogP contribution in [0.1, 0.15) is 17.0 Å². The van der Waals surface area contributed by atoms with Gasteiger partial charge in [-0.15, -0.1) is 0 Å². The number of benzene rings is 1. The summed E-state index contributed by atoms with van der Waals surface area (Å²) in [4.78, 5) is 42.9. The summed E-state index contributed by atoms with van der Waals surface area (Å²) in [6, 6.07) is 12.8. The van der Waals surface area contributed by atoms with Crippen LogP contribution in [-0.4, -0.2) is 73.3 Å². The Balaban J connectivity index is 1.18. The predicted octanol–water partition coefficient (Wildman–Crippen LogP) is 1.97. The number of furan rings is 1. The van der Waals surface area contributed by atoms with E-state index in [1.54, 1.807) is 21.9 Å². The fraction of sp³-hybridized carbons (Fsp3) is 0.409. The number of nitrogens with one attached hydrogen (secondary N) is 1. The molecule has 9 heteroatoms. The highest BCUT2D eigenvalue weighted by Crippen LogP contribution is 2.24. The van der Waals surface area contributed by atoms with Gasteiger partial charge in [0.15, 0.2) is 10.4 Å². The summed E-state index contributed by atoms with van der Waals surface area (Å²) in [7, 11) is 0. The van der Waals surface area contributed by atoms with E-state index in [0.717, 1.165) is 18.8 Å². The highest BCUT2D eigenvalue weighted by Gasteiger charge is 2.35. The minimum atomic E-state index is -0.324. The van der Waals surface area contributed by atoms with Crippen molar-refractivity contribution in [2.24, 2.45) is 5.92 Å². The highest BCUT2D eigenvalue weighted by molar-refractivity contribution is 9.10. The van der Waals surface area contributed by atoms with E-state index in [1.165, 1.54) is 0 Å². The molecule has 1 aromatic heterocycles. The molecular weight excluding hydrogens is 464 g/mol. The number of para-hydroxylation sites is 1. The molecule has 1 aromatic carbocycles. The summed E-state index contributed by atoms with van der Waals surface area (Å²) in [6.45, 7) is 4.37. The zero-order valence-corrected chi connectivity index (χ0v) is 18.7. The van der Waals surface area contributed by atoms with Gasteiger partial charge in [-0.1, -0.05) is 18.2 Å². The molecule has 2 fully saturated rings. The van der Waals surface area contributed by atoms with Gasteiger partial charge in [0, 0.05) is 57.9 Å². The van der Waals surface area contributed by atoms with Crippen molar-refractivity contribution < 1.29 is 18.8 Å². The molecule has 0 aliphatic carbocycles. The van der Waals surface area contributed by atoms with Gasteiger partial charge in [-0.25, -0.2) is 0 Å². The number of amides is 3. The van der Waals surface area contributed by atoms with Crippen molar-refractivity contribution in [3.8, 4) is 0 Å². The number of carbonyl (C=O) groups is 3. The summed E-state index contributed by atoms with van der Waals surface area (Å²) in [6.07, 6.45) is 0.240. The van der Waals surface area contributed by atoms with E-state index in [0.29, 0.717) is 43.2 Å². The number of piperazine rings is 1. The van der Waals surface area contributed by atoms with Crippen molar-refractivity contribution in [1.29, 1.82) is 0 Å². The van der Waals surface area contributed by atoms with Crippen molar-refractivity contribution in [1.82, 2.24) is 15.1 Å². The SMILES string of the molecule is O=C(NCCN1CCN(C(=O)c2ccc(Br)o2)CC1)C1CC(=O)N(c2ccccc2)C1. The van der Waals surface area contributed by atoms with Crippen LogP contribution in [0.25, 0.3) is 0 Å². The van der Waals surface area contributed by atoms with Gasteiger partial charge in [0.25, 0.3) is 5.91 Å². The second-order valence-electron chi connectivity index (χ2n) is 7.77. The number of hydrogen-bond acceptors (Lipinski definition) is 5. The Bertz CT molecular complexity index is 940. The van der Waals surface area contributed by atoms with Gasteiger partial charge in [-0.2, -0.15) is 0 Å². The molecule has 1 atom stereocenters. The Labute approximate surface area is 189 Å². The van der Waals surface area contributed by atoms with Crippen molar-refractivity contribution in [2.75, 3.05) is 50.7 Å². The molecule has 2 saturated heterocycles. The third-order valence-corrected chi connectivity index (χ3v) is 6.16. The molecule has 31 heavy (non-hydrogen) atoms. The molecule has 164 valence electrons. The summed E-state index contributed by atoms with van der Waals surface area (Å²) in [5.41, 5.74) is 0.831. The maximum Gasteiger partial charge on any atom is 0.289 e.